The lowest BCUT2D eigenvalue weighted by molar-refractivity contribution is -0.364. The van der Waals surface area contributed by atoms with Gasteiger partial charge in [-0.1, -0.05) is 0 Å². The van der Waals surface area contributed by atoms with Crippen LogP contribution in [-0.4, -0.2) is 26.4 Å². The van der Waals surface area contributed by atoms with Gasteiger partial charge in [0.25, 0.3) is 0 Å². The summed E-state index contributed by atoms with van der Waals surface area (Å²) in [7, 11) is 4.46. The summed E-state index contributed by atoms with van der Waals surface area (Å²) in [4.78, 5) is 0. The zero-order valence-corrected chi connectivity index (χ0v) is 8.48. The van der Waals surface area contributed by atoms with Gasteiger partial charge in [-0.15, -0.1) is 0 Å². The number of methoxy groups -OCH3 is 3. The lowest BCUT2D eigenvalue weighted by Gasteiger charge is -2.28. The minimum absolute atomic E-state index is 0.186. The van der Waals surface area contributed by atoms with E-state index in [4.69, 9.17) is 19.3 Å². The first-order valence-electron chi connectivity index (χ1n) is 4.13. The fraction of sp³-hybridized carbons (Fsp3) is 0.400. The van der Waals surface area contributed by atoms with Gasteiger partial charge in [0.15, 0.2) is 0 Å². The number of hydrogen-bond donors (Lipinski definition) is 1. The van der Waals surface area contributed by atoms with E-state index in [1.165, 1.54) is 21.3 Å². The van der Waals surface area contributed by atoms with Gasteiger partial charge in [-0.3, -0.25) is 0 Å². The van der Waals surface area contributed by atoms with Gasteiger partial charge >= 0.3 is 5.97 Å². The van der Waals surface area contributed by atoms with Gasteiger partial charge in [0.2, 0.25) is 0 Å². The van der Waals surface area contributed by atoms with Crippen LogP contribution in [0, 0.1) is 0 Å². The predicted octanol–water partition coefficient (Wildman–Crippen LogP) is 1.44. The molecule has 1 N–H and O–H groups in total. The van der Waals surface area contributed by atoms with Crippen LogP contribution in [0.2, 0.25) is 0 Å². The lowest BCUT2D eigenvalue weighted by Crippen LogP contribution is -2.32. The molecule has 0 heterocycles. The monoisotopic (exact) mass is 198 g/mol. The van der Waals surface area contributed by atoms with E-state index in [0.29, 0.717) is 5.56 Å². The quantitative estimate of drug-likeness (QED) is 0.744. The third kappa shape index (κ3) is 1.87. The standard InChI is InChI=1S/C10H14O4/c1-12-10(13-2,14-3)8-4-6-9(11)7-5-8/h4-7,11H,1-3H3. The Hall–Kier alpha value is -1.10. The molecule has 0 saturated carbocycles. The fourth-order valence-corrected chi connectivity index (χ4v) is 1.27. The lowest BCUT2D eigenvalue weighted by atomic mass is 10.2. The summed E-state index contributed by atoms with van der Waals surface area (Å²) >= 11 is 0. The maximum absolute atomic E-state index is 9.12. The Morgan fingerprint density at radius 2 is 1.36 bits per heavy atom. The van der Waals surface area contributed by atoms with Crippen molar-refractivity contribution in [1.82, 2.24) is 0 Å². The van der Waals surface area contributed by atoms with Crippen molar-refractivity contribution < 1.29 is 19.3 Å². The van der Waals surface area contributed by atoms with Gasteiger partial charge in [0, 0.05) is 26.9 Å². The third-order valence-electron chi connectivity index (χ3n) is 2.03. The Balaban J connectivity index is 3.05. The van der Waals surface area contributed by atoms with Crippen LogP contribution < -0.4 is 0 Å². The molecule has 0 aliphatic heterocycles. The molecular formula is C10H14O4. The molecule has 0 aliphatic carbocycles. The van der Waals surface area contributed by atoms with Crippen molar-refractivity contribution in [3.8, 4) is 5.75 Å². The molecule has 4 nitrogen and oxygen atoms in total. The molecule has 14 heavy (non-hydrogen) atoms. The van der Waals surface area contributed by atoms with E-state index in [2.05, 4.69) is 0 Å². The molecule has 4 heteroatoms. The van der Waals surface area contributed by atoms with E-state index in [1.807, 2.05) is 0 Å². The largest absolute Gasteiger partial charge is 0.508 e. The molecule has 0 aliphatic rings. The summed E-state index contributed by atoms with van der Waals surface area (Å²) in [6, 6.07) is 6.43. The van der Waals surface area contributed by atoms with Crippen LogP contribution in [0.1, 0.15) is 5.56 Å². The second kappa shape index (κ2) is 4.41. The number of aromatic hydroxyl groups is 1. The number of phenols is 1. The van der Waals surface area contributed by atoms with Crippen LogP contribution in [0.3, 0.4) is 0 Å². The zero-order chi connectivity index (χ0) is 10.6. The van der Waals surface area contributed by atoms with Gasteiger partial charge < -0.3 is 19.3 Å². The van der Waals surface area contributed by atoms with E-state index < -0.39 is 5.97 Å². The van der Waals surface area contributed by atoms with Crippen LogP contribution in [0.15, 0.2) is 24.3 Å². The number of benzene rings is 1. The average molecular weight is 198 g/mol. The molecule has 0 unspecified atom stereocenters. The number of rotatable bonds is 4. The van der Waals surface area contributed by atoms with Crippen molar-refractivity contribution in [2.24, 2.45) is 0 Å². The van der Waals surface area contributed by atoms with Crippen LogP contribution in [-0.2, 0) is 20.2 Å². The maximum Gasteiger partial charge on any atom is 0.311 e. The summed E-state index contributed by atoms with van der Waals surface area (Å²) in [5.74, 6) is -1.01. The van der Waals surface area contributed by atoms with Crippen molar-refractivity contribution in [2.75, 3.05) is 21.3 Å². The highest BCUT2D eigenvalue weighted by Gasteiger charge is 2.32. The predicted molar refractivity (Wildman–Crippen MR) is 50.8 cm³/mol. The molecule has 0 amide bonds. The van der Waals surface area contributed by atoms with E-state index in [-0.39, 0.29) is 5.75 Å². The SMILES string of the molecule is COC(OC)(OC)c1ccc(O)cc1. The van der Waals surface area contributed by atoms with Gasteiger partial charge in [0.05, 0.1) is 0 Å². The smallest absolute Gasteiger partial charge is 0.311 e. The van der Waals surface area contributed by atoms with Crippen molar-refractivity contribution in [3.05, 3.63) is 29.8 Å². The summed E-state index contributed by atoms with van der Waals surface area (Å²) in [6.07, 6.45) is 0. The molecule has 0 radical (unpaired) electrons. The Bertz CT molecular complexity index is 268. The topological polar surface area (TPSA) is 47.9 Å². The summed E-state index contributed by atoms with van der Waals surface area (Å²) in [5, 5.41) is 9.12. The van der Waals surface area contributed by atoms with Crippen molar-refractivity contribution in [1.29, 1.82) is 0 Å². The number of ether oxygens (including phenoxy) is 3. The van der Waals surface area contributed by atoms with E-state index in [1.54, 1.807) is 24.3 Å². The molecule has 0 fully saturated rings. The Morgan fingerprint density at radius 1 is 0.929 bits per heavy atom. The first kappa shape index (κ1) is 11.0. The average Bonchev–Trinajstić information content (AvgIpc) is 2.24. The second-order valence-corrected chi connectivity index (χ2v) is 2.72. The van der Waals surface area contributed by atoms with Crippen molar-refractivity contribution in [2.45, 2.75) is 5.97 Å². The molecule has 1 rings (SSSR count). The Labute approximate surface area is 83.0 Å². The molecular weight excluding hydrogens is 184 g/mol. The molecule has 0 atom stereocenters. The maximum atomic E-state index is 9.12. The number of hydrogen-bond acceptors (Lipinski definition) is 4. The summed E-state index contributed by atoms with van der Waals surface area (Å²) in [6.45, 7) is 0. The molecule has 0 spiro atoms. The van der Waals surface area contributed by atoms with Gasteiger partial charge in [-0.2, -0.15) is 0 Å². The molecule has 78 valence electrons. The highest BCUT2D eigenvalue weighted by Crippen LogP contribution is 2.27. The van der Waals surface area contributed by atoms with Gasteiger partial charge in [-0.05, 0) is 24.3 Å². The molecule has 0 saturated heterocycles. The normalized spacial score (nSPS) is 11.6. The van der Waals surface area contributed by atoms with E-state index >= 15 is 0 Å². The highest BCUT2D eigenvalue weighted by molar-refractivity contribution is 5.27. The van der Waals surface area contributed by atoms with Crippen LogP contribution in [0.4, 0.5) is 0 Å². The van der Waals surface area contributed by atoms with Gasteiger partial charge in [0.1, 0.15) is 5.75 Å². The van der Waals surface area contributed by atoms with Crippen molar-refractivity contribution in [3.63, 3.8) is 0 Å². The minimum Gasteiger partial charge on any atom is -0.508 e. The summed E-state index contributed by atoms with van der Waals surface area (Å²) in [5.41, 5.74) is 0.683. The van der Waals surface area contributed by atoms with Crippen molar-refractivity contribution >= 4 is 0 Å². The van der Waals surface area contributed by atoms with Crippen LogP contribution in [0.5, 0.6) is 5.75 Å². The highest BCUT2D eigenvalue weighted by atomic mass is 16.9. The third-order valence-corrected chi connectivity index (χ3v) is 2.03. The first-order chi connectivity index (χ1) is 6.68. The molecule has 0 bridgehead atoms. The van der Waals surface area contributed by atoms with E-state index in [0.717, 1.165) is 0 Å². The molecule has 0 aromatic heterocycles. The Kier molecular flexibility index (Phi) is 3.46. The zero-order valence-electron chi connectivity index (χ0n) is 8.48. The molecule has 1 aromatic carbocycles. The number of phenolic OH excluding ortho intramolecular Hbond substituents is 1. The Morgan fingerprint density at radius 3 is 1.71 bits per heavy atom. The van der Waals surface area contributed by atoms with E-state index in [9.17, 15) is 0 Å². The molecule has 1 aromatic rings. The minimum atomic E-state index is -1.20. The van der Waals surface area contributed by atoms with Crippen LogP contribution in [0.25, 0.3) is 0 Å². The fourth-order valence-electron chi connectivity index (χ4n) is 1.27. The summed E-state index contributed by atoms with van der Waals surface area (Å²) < 4.78 is 15.4. The van der Waals surface area contributed by atoms with Gasteiger partial charge in [-0.25, -0.2) is 0 Å². The van der Waals surface area contributed by atoms with Crippen LogP contribution >= 0.6 is 0 Å². The second-order valence-electron chi connectivity index (χ2n) is 2.72. The first-order valence-corrected chi connectivity index (χ1v) is 4.13.